The highest BCUT2D eigenvalue weighted by Crippen LogP contribution is 2.16. The lowest BCUT2D eigenvalue weighted by Crippen LogP contribution is -2.48. The van der Waals surface area contributed by atoms with Crippen LogP contribution in [0, 0.1) is 0 Å². The third-order valence-electron chi connectivity index (χ3n) is 3.99. The van der Waals surface area contributed by atoms with Crippen molar-refractivity contribution in [3.63, 3.8) is 0 Å². The number of morpholine rings is 1. The Bertz CT molecular complexity index is 656. The van der Waals surface area contributed by atoms with Gasteiger partial charge in [0.05, 0.1) is 19.3 Å². The number of pyridine rings is 1. The van der Waals surface area contributed by atoms with Crippen LogP contribution in [0.2, 0.25) is 0 Å². The van der Waals surface area contributed by atoms with E-state index in [0.717, 1.165) is 31.1 Å². The number of carbonyl (C=O) groups is 1. The monoisotopic (exact) mass is 376 g/mol. The van der Waals surface area contributed by atoms with Gasteiger partial charge in [-0.2, -0.15) is 0 Å². The molecule has 8 nitrogen and oxygen atoms in total. The third-order valence-corrected chi connectivity index (χ3v) is 3.99. The Morgan fingerprint density at radius 3 is 2.85 bits per heavy atom. The highest BCUT2D eigenvalue weighted by atomic mass is 16.5. The van der Waals surface area contributed by atoms with Crippen molar-refractivity contribution >= 4 is 17.7 Å². The van der Waals surface area contributed by atoms with E-state index in [4.69, 9.17) is 4.74 Å². The van der Waals surface area contributed by atoms with Crippen molar-refractivity contribution in [3.8, 4) is 0 Å². The predicted octanol–water partition coefficient (Wildman–Crippen LogP) is 0.886. The summed E-state index contributed by atoms with van der Waals surface area (Å²) in [5.41, 5.74) is 0.849. The summed E-state index contributed by atoms with van der Waals surface area (Å²) >= 11 is 0. The van der Waals surface area contributed by atoms with Crippen molar-refractivity contribution in [3.05, 3.63) is 23.9 Å². The van der Waals surface area contributed by atoms with E-state index in [1.54, 1.807) is 7.05 Å². The van der Waals surface area contributed by atoms with E-state index in [9.17, 15) is 4.79 Å². The largest absolute Gasteiger partial charge is 0.375 e. The number of nitrogens with one attached hydrogen (secondary N) is 3. The molecular weight excluding hydrogens is 344 g/mol. The molecule has 27 heavy (non-hydrogen) atoms. The summed E-state index contributed by atoms with van der Waals surface area (Å²) in [6.07, 6.45) is 2.03. The number of nitrogens with zero attached hydrogens (tertiary/aromatic N) is 3. The molecule has 3 N–H and O–H groups in total. The van der Waals surface area contributed by atoms with Gasteiger partial charge in [-0.15, -0.1) is 0 Å². The van der Waals surface area contributed by atoms with Crippen LogP contribution in [-0.2, 0) is 16.1 Å². The number of aliphatic imine (C=N–C) groups is 1. The van der Waals surface area contributed by atoms with Crippen LogP contribution in [0.1, 0.15) is 33.3 Å². The maximum absolute atomic E-state index is 11.9. The Morgan fingerprint density at radius 2 is 2.19 bits per heavy atom. The summed E-state index contributed by atoms with van der Waals surface area (Å²) in [6.45, 7) is 11.1. The van der Waals surface area contributed by atoms with Crippen molar-refractivity contribution in [2.45, 2.75) is 45.9 Å². The Hall–Kier alpha value is -2.35. The second-order valence-corrected chi connectivity index (χ2v) is 7.73. The van der Waals surface area contributed by atoms with Gasteiger partial charge in [-0.1, -0.05) is 0 Å². The van der Waals surface area contributed by atoms with Gasteiger partial charge in [-0.25, -0.2) is 4.98 Å². The molecule has 1 aliphatic rings. The van der Waals surface area contributed by atoms with Crippen LogP contribution in [0.5, 0.6) is 0 Å². The molecule has 1 atom stereocenters. The molecule has 2 heterocycles. The van der Waals surface area contributed by atoms with E-state index in [1.807, 2.05) is 33.0 Å². The first kappa shape index (κ1) is 21.0. The van der Waals surface area contributed by atoms with Crippen LogP contribution in [0.25, 0.3) is 0 Å². The van der Waals surface area contributed by atoms with Gasteiger partial charge in [0.1, 0.15) is 5.82 Å². The fraction of sp³-hybridized carbons (Fsp3) is 0.632. The summed E-state index contributed by atoms with van der Waals surface area (Å²) in [7, 11) is 1.68. The normalized spacial score (nSPS) is 18.2. The highest BCUT2D eigenvalue weighted by Gasteiger charge is 2.18. The molecule has 0 bridgehead atoms. The summed E-state index contributed by atoms with van der Waals surface area (Å²) in [5.74, 6) is 1.47. The quantitative estimate of drug-likeness (QED) is 0.522. The van der Waals surface area contributed by atoms with Gasteiger partial charge >= 0.3 is 0 Å². The molecule has 8 heteroatoms. The molecule has 1 fully saturated rings. The first-order valence-electron chi connectivity index (χ1n) is 9.34. The molecule has 0 spiro atoms. The van der Waals surface area contributed by atoms with Gasteiger partial charge in [0.2, 0.25) is 5.91 Å². The zero-order chi connectivity index (χ0) is 19.9. The smallest absolute Gasteiger partial charge is 0.239 e. The summed E-state index contributed by atoms with van der Waals surface area (Å²) in [4.78, 5) is 22.8. The Morgan fingerprint density at radius 1 is 1.41 bits per heavy atom. The minimum absolute atomic E-state index is 0.0712. The van der Waals surface area contributed by atoms with Gasteiger partial charge in [0.25, 0.3) is 0 Å². The first-order chi connectivity index (χ1) is 12.8. The first-order valence-corrected chi connectivity index (χ1v) is 9.34. The fourth-order valence-corrected chi connectivity index (χ4v) is 2.80. The molecule has 1 aromatic heterocycles. The number of hydrogen-bond acceptors (Lipinski definition) is 5. The number of carbonyl (C=O) groups excluding carboxylic acids is 1. The lowest BCUT2D eigenvalue weighted by Gasteiger charge is -2.32. The molecule has 1 saturated heterocycles. The molecule has 1 unspecified atom stereocenters. The number of guanidine groups is 1. The number of amides is 1. The minimum atomic E-state index is -0.250. The van der Waals surface area contributed by atoms with Gasteiger partial charge in [0.15, 0.2) is 5.96 Å². The zero-order valence-corrected chi connectivity index (χ0v) is 17.0. The number of rotatable bonds is 5. The molecule has 1 aliphatic heterocycles. The summed E-state index contributed by atoms with van der Waals surface area (Å²) in [6, 6.07) is 4.05. The molecule has 150 valence electrons. The van der Waals surface area contributed by atoms with Crippen LogP contribution in [0.3, 0.4) is 0 Å². The predicted molar refractivity (Wildman–Crippen MR) is 108 cm³/mol. The summed E-state index contributed by atoms with van der Waals surface area (Å²) < 4.78 is 5.59. The molecule has 0 saturated carbocycles. The Balaban J connectivity index is 1.85. The molecule has 1 amide bonds. The average Bonchev–Trinajstić information content (AvgIpc) is 2.60. The minimum Gasteiger partial charge on any atom is -0.375 e. The van der Waals surface area contributed by atoms with Crippen LogP contribution in [-0.4, -0.2) is 61.8 Å². The standard InChI is InChI=1S/C19H32N6O2/c1-14-13-25(8-9-27-14)16-10-15(6-7-21-16)11-22-18(20-5)23-12-17(26)24-19(2,3)4/h6-7,10,14H,8-9,11-13H2,1-5H3,(H,24,26)(H2,20,22,23). The van der Waals surface area contributed by atoms with E-state index in [2.05, 4.69) is 43.8 Å². The average molecular weight is 377 g/mol. The Kier molecular flexibility index (Phi) is 7.41. The van der Waals surface area contributed by atoms with Crippen molar-refractivity contribution < 1.29 is 9.53 Å². The van der Waals surface area contributed by atoms with Crippen molar-refractivity contribution in [2.75, 3.05) is 38.2 Å². The highest BCUT2D eigenvalue weighted by molar-refractivity contribution is 5.86. The number of ether oxygens (including phenoxy) is 1. The van der Waals surface area contributed by atoms with E-state index in [-0.39, 0.29) is 24.1 Å². The van der Waals surface area contributed by atoms with E-state index in [1.165, 1.54) is 0 Å². The fourth-order valence-electron chi connectivity index (χ4n) is 2.80. The van der Waals surface area contributed by atoms with Crippen molar-refractivity contribution in [2.24, 2.45) is 4.99 Å². The van der Waals surface area contributed by atoms with Gasteiger partial charge in [0, 0.05) is 38.4 Å². The SMILES string of the molecule is CN=C(NCC(=O)NC(C)(C)C)NCc1ccnc(N2CCOC(C)C2)c1. The van der Waals surface area contributed by atoms with Gasteiger partial charge < -0.3 is 25.6 Å². The van der Waals surface area contributed by atoms with Crippen LogP contribution in [0.15, 0.2) is 23.3 Å². The molecule has 0 aromatic carbocycles. The molecule has 1 aromatic rings. The van der Waals surface area contributed by atoms with E-state index < -0.39 is 0 Å². The van der Waals surface area contributed by atoms with E-state index in [0.29, 0.717) is 12.5 Å². The number of hydrogen-bond donors (Lipinski definition) is 3. The lowest BCUT2D eigenvalue weighted by molar-refractivity contribution is -0.121. The molecule has 0 aliphatic carbocycles. The van der Waals surface area contributed by atoms with E-state index >= 15 is 0 Å². The topological polar surface area (TPSA) is 90.9 Å². The maximum atomic E-state index is 11.9. The maximum Gasteiger partial charge on any atom is 0.239 e. The molecule has 0 radical (unpaired) electrons. The third kappa shape index (κ3) is 7.42. The summed E-state index contributed by atoms with van der Waals surface area (Å²) in [5, 5.41) is 9.17. The number of anilines is 1. The van der Waals surface area contributed by atoms with Crippen molar-refractivity contribution in [1.82, 2.24) is 20.9 Å². The lowest BCUT2D eigenvalue weighted by atomic mass is 10.1. The van der Waals surface area contributed by atoms with Crippen molar-refractivity contribution in [1.29, 1.82) is 0 Å². The Labute approximate surface area is 161 Å². The second-order valence-electron chi connectivity index (χ2n) is 7.73. The van der Waals surface area contributed by atoms with Crippen LogP contribution >= 0.6 is 0 Å². The second kappa shape index (κ2) is 9.55. The zero-order valence-electron chi connectivity index (χ0n) is 17.0. The molecular formula is C19H32N6O2. The van der Waals surface area contributed by atoms with Crippen LogP contribution < -0.4 is 20.9 Å². The van der Waals surface area contributed by atoms with Gasteiger partial charge in [-0.3, -0.25) is 9.79 Å². The number of aromatic nitrogens is 1. The van der Waals surface area contributed by atoms with Crippen LogP contribution in [0.4, 0.5) is 5.82 Å². The van der Waals surface area contributed by atoms with Gasteiger partial charge in [-0.05, 0) is 45.4 Å². The molecule has 2 rings (SSSR count).